The number of fused-ring (bicyclic) bond motifs is 2. The van der Waals surface area contributed by atoms with Crippen LogP contribution in [0.1, 0.15) is 30.5 Å². The van der Waals surface area contributed by atoms with Gasteiger partial charge in [0.15, 0.2) is 4.87 Å². The molecule has 0 bridgehead atoms. The van der Waals surface area contributed by atoms with Gasteiger partial charge >= 0.3 is 6.03 Å². The lowest BCUT2D eigenvalue weighted by Gasteiger charge is -2.33. The van der Waals surface area contributed by atoms with Crippen LogP contribution in [0.2, 0.25) is 0 Å². The number of thioether (sulfide) groups is 1. The Kier molecular flexibility index (Phi) is 5.20. The summed E-state index contributed by atoms with van der Waals surface area (Å²) in [5.74, 6) is -0.0671. The predicted octanol–water partition coefficient (Wildman–Crippen LogP) is 5.75. The monoisotopic (exact) mass is 457 g/mol. The molecule has 0 aliphatic carbocycles. The van der Waals surface area contributed by atoms with Crippen molar-refractivity contribution in [3.63, 3.8) is 0 Å². The van der Waals surface area contributed by atoms with Gasteiger partial charge in [-0.3, -0.25) is 9.69 Å². The Morgan fingerprint density at radius 1 is 1.00 bits per heavy atom. The molecule has 2 aliphatic heterocycles. The second-order valence-electron chi connectivity index (χ2n) is 9.29. The highest BCUT2D eigenvalue weighted by Gasteiger charge is 2.63. The number of amides is 3. The Balaban J connectivity index is 1.56. The highest BCUT2D eigenvalue weighted by Crippen LogP contribution is 2.59. The number of nitrogens with one attached hydrogen (secondary N) is 1. The lowest BCUT2D eigenvalue weighted by atomic mass is 10.0. The van der Waals surface area contributed by atoms with Crippen molar-refractivity contribution in [2.24, 2.45) is 0 Å². The zero-order valence-electron chi connectivity index (χ0n) is 19.0. The van der Waals surface area contributed by atoms with Gasteiger partial charge in [0.25, 0.3) is 5.91 Å². The van der Waals surface area contributed by atoms with E-state index >= 15 is 0 Å². The predicted molar refractivity (Wildman–Crippen MR) is 134 cm³/mol. The molecule has 1 fully saturated rings. The number of rotatable bonds is 3. The summed E-state index contributed by atoms with van der Waals surface area (Å²) < 4.78 is -0.282. The average Bonchev–Trinajstić information content (AvgIpc) is 3.21. The minimum absolute atomic E-state index is 0.0671. The van der Waals surface area contributed by atoms with E-state index in [1.165, 1.54) is 0 Å². The third-order valence-electron chi connectivity index (χ3n) is 6.14. The van der Waals surface area contributed by atoms with Gasteiger partial charge in [0.2, 0.25) is 0 Å². The summed E-state index contributed by atoms with van der Waals surface area (Å²) in [4.78, 5) is 30.3. The fourth-order valence-corrected chi connectivity index (χ4v) is 6.52. The minimum Gasteiger partial charge on any atom is -0.308 e. The first-order valence-electron chi connectivity index (χ1n) is 11.1. The first-order valence-corrected chi connectivity index (χ1v) is 11.9. The van der Waals surface area contributed by atoms with Crippen LogP contribution in [0, 0.1) is 6.92 Å². The van der Waals surface area contributed by atoms with E-state index in [0.29, 0.717) is 13.1 Å². The van der Waals surface area contributed by atoms with Crippen molar-refractivity contribution >= 4 is 35.1 Å². The summed E-state index contributed by atoms with van der Waals surface area (Å²) in [6.45, 7) is 7.11. The number of nitrogens with zero attached hydrogens (tertiary/aromatic N) is 2. The van der Waals surface area contributed by atoms with Crippen LogP contribution in [0.15, 0.2) is 78.9 Å². The van der Waals surface area contributed by atoms with E-state index in [4.69, 9.17) is 0 Å². The molecule has 2 heterocycles. The minimum atomic E-state index is -1.09. The zero-order valence-corrected chi connectivity index (χ0v) is 19.9. The van der Waals surface area contributed by atoms with Crippen LogP contribution in [0.3, 0.4) is 0 Å². The van der Waals surface area contributed by atoms with Crippen LogP contribution in [0.5, 0.6) is 0 Å². The van der Waals surface area contributed by atoms with E-state index in [2.05, 4.69) is 19.2 Å². The molecule has 6 heteroatoms. The van der Waals surface area contributed by atoms with Gasteiger partial charge in [-0.05, 0) is 50.1 Å². The number of hydrogen-bond donors (Lipinski definition) is 1. The molecule has 3 aromatic rings. The number of aryl methyl sites for hydroxylation is 1. The van der Waals surface area contributed by atoms with Crippen molar-refractivity contribution in [3.8, 4) is 0 Å². The van der Waals surface area contributed by atoms with E-state index < -0.39 is 4.87 Å². The summed E-state index contributed by atoms with van der Waals surface area (Å²) in [7, 11) is 0. The second kappa shape index (κ2) is 7.96. The molecule has 33 heavy (non-hydrogen) atoms. The van der Waals surface area contributed by atoms with Gasteiger partial charge in [0, 0.05) is 22.5 Å². The topological polar surface area (TPSA) is 52.7 Å². The quantitative estimate of drug-likeness (QED) is 0.545. The lowest BCUT2D eigenvalue weighted by molar-refractivity contribution is -0.123. The van der Waals surface area contributed by atoms with E-state index in [1.807, 2.05) is 90.7 Å². The van der Waals surface area contributed by atoms with E-state index in [0.717, 1.165) is 28.1 Å². The molecule has 5 rings (SSSR count). The normalized spacial score (nSPS) is 20.9. The van der Waals surface area contributed by atoms with E-state index in [9.17, 15) is 9.59 Å². The summed E-state index contributed by atoms with van der Waals surface area (Å²) in [5.41, 5.74) is 4.58. The summed E-state index contributed by atoms with van der Waals surface area (Å²) in [6, 6.07) is 25.3. The number of carbonyl (C=O) groups excluding carboxylic acids is 2. The van der Waals surface area contributed by atoms with Gasteiger partial charge in [-0.2, -0.15) is 0 Å². The Morgan fingerprint density at radius 3 is 2.48 bits per heavy atom. The number of urea groups is 1. The van der Waals surface area contributed by atoms with Crippen molar-refractivity contribution in [2.45, 2.75) is 36.9 Å². The molecule has 168 valence electrons. The average molecular weight is 458 g/mol. The highest BCUT2D eigenvalue weighted by atomic mass is 32.2. The maximum absolute atomic E-state index is 14.2. The third kappa shape index (κ3) is 3.68. The van der Waals surface area contributed by atoms with E-state index in [-0.39, 0.29) is 16.7 Å². The van der Waals surface area contributed by atoms with Crippen LogP contribution >= 0.6 is 11.8 Å². The Morgan fingerprint density at radius 2 is 1.73 bits per heavy atom. The van der Waals surface area contributed by atoms with Crippen LogP contribution in [-0.2, 0) is 16.2 Å². The Hall–Kier alpha value is -3.25. The second-order valence-corrected chi connectivity index (χ2v) is 11.2. The van der Waals surface area contributed by atoms with Gasteiger partial charge in [-0.1, -0.05) is 60.7 Å². The summed E-state index contributed by atoms with van der Waals surface area (Å²) in [6.07, 6.45) is 0. The van der Waals surface area contributed by atoms with Crippen molar-refractivity contribution < 1.29 is 9.59 Å². The van der Waals surface area contributed by atoms with Crippen LogP contribution in [0.4, 0.5) is 16.2 Å². The maximum atomic E-state index is 14.2. The SMILES string of the molecule is Cc1cccc(NC(=O)N2CC(C)(C)SC23C(=O)N(Cc2ccccc2)c2ccccc23)c1. The number of benzene rings is 3. The smallest absolute Gasteiger partial charge is 0.308 e. The molecule has 2 aliphatic rings. The zero-order chi connectivity index (χ0) is 23.2. The molecule has 0 aromatic heterocycles. The first kappa shape index (κ1) is 21.6. The fraction of sp³-hybridized carbons (Fsp3) is 0.259. The Labute approximate surface area is 198 Å². The molecule has 3 aromatic carbocycles. The van der Waals surface area contributed by atoms with Crippen LogP contribution in [-0.4, -0.2) is 28.1 Å². The molecule has 1 unspecified atom stereocenters. The van der Waals surface area contributed by atoms with Gasteiger partial charge in [-0.15, -0.1) is 11.8 Å². The number of carbonyl (C=O) groups is 2. The van der Waals surface area contributed by atoms with Crippen LogP contribution in [0.25, 0.3) is 0 Å². The summed E-state index contributed by atoms with van der Waals surface area (Å²) in [5, 5.41) is 3.03. The number of anilines is 2. The number of para-hydroxylation sites is 1. The fourth-order valence-electron chi connectivity index (χ4n) is 4.79. The van der Waals surface area contributed by atoms with Crippen molar-refractivity contribution in [2.75, 3.05) is 16.8 Å². The van der Waals surface area contributed by atoms with Gasteiger partial charge < -0.3 is 10.2 Å². The maximum Gasteiger partial charge on any atom is 0.323 e. The Bertz CT molecular complexity index is 1230. The van der Waals surface area contributed by atoms with Crippen molar-refractivity contribution in [1.82, 2.24) is 4.90 Å². The molecular weight excluding hydrogens is 430 g/mol. The largest absolute Gasteiger partial charge is 0.323 e. The first-order chi connectivity index (χ1) is 15.8. The molecular formula is C27H27N3O2S. The lowest BCUT2D eigenvalue weighted by Crippen LogP contribution is -2.51. The molecule has 0 radical (unpaired) electrons. The molecule has 1 spiro atoms. The summed E-state index contributed by atoms with van der Waals surface area (Å²) >= 11 is 1.57. The molecule has 1 atom stereocenters. The molecule has 1 N–H and O–H groups in total. The molecule has 5 nitrogen and oxygen atoms in total. The molecule has 1 saturated heterocycles. The molecule has 0 saturated carbocycles. The van der Waals surface area contributed by atoms with Gasteiger partial charge in [0.05, 0.1) is 12.2 Å². The van der Waals surface area contributed by atoms with Gasteiger partial charge in [0.1, 0.15) is 0 Å². The molecule has 3 amide bonds. The highest BCUT2D eigenvalue weighted by molar-refractivity contribution is 8.02. The standard InChI is InChI=1S/C27H27N3O2S/c1-19-10-9-13-21(16-19)28-25(32)30-18-26(2,3)33-27(30)22-14-7-8-15-23(22)29(24(27)31)17-20-11-5-4-6-12-20/h4-16H,17-18H2,1-3H3,(H,28,32). The third-order valence-corrected chi connectivity index (χ3v) is 7.73. The van der Waals surface area contributed by atoms with Crippen molar-refractivity contribution in [1.29, 1.82) is 0 Å². The van der Waals surface area contributed by atoms with Crippen molar-refractivity contribution in [3.05, 3.63) is 95.6 Å². The van der Waals surface area contributed by atoms with Gasteiger partial charge in [-0.25, -0.2) is 4.79 Å². The number of hydrogen-bond acceptors (Lipinski definition) is 3. The van der Waals surface area contributed by atoms with Crippen LogP contribution < -0.4 is 10.2 Å². The van der Waals surface area contributed by atoms with E-state index in [1.54, 1.807) is 16.7 Å².